The minimum absolute atomic E-state index is 0.150. The van der Waals surface area contributed by atoms with Crippen molar-refractivity contribution >= 4 is 21.6 Å². The Morgan fingerprint density at radius 2 is 1.89 bits per heavy atom. The van der Waals surface area contributed by atoms with E-state index in [1.54, 1.807) is 12.1 Å². The summed E-state index contributed by atoms with van der Waals surface area (Å²) in [5.74, 6) is 0. The van der Waals surface area contributed by atoms with E-state index >= 15 is 0 Å². The van der Waals surface area contributed by atoms with Crippen molar-refractivity contribution in [3.8, 4) is 0 Å². The molecule has 1 aromatic carbocycles. The highest BCUT2D eigenvalue weighted by Crippen LogP contribution is 2.28. The zero-order chi connectivity index (χ0) is 13.8. The number of halogens is 4. The summed E-state index contributed by atoms with van der Waals surface area (Å²) in [5.41, 5.74) is 0.647. The summed E-state index contributed by atoms with van der Waals surface area (Å²) in [6, 6.07) is 4.67. The van der Waals surface area contributed by atoms with E-state index in [-0.39, 0.29) is 18.8 Å². The van der Waals surface area contributed by atoms with Gasteiger partial charge < -0.3 is 15.1 Å². The van der Waals surface area contributed by atoms with Gasteiger partial charge in [0.25, 0.3) is 0 Å². The van der Waals surface area contributed by atoms with Crippen LogP contribution in [-0.2, 0) is 6.61 Å². The first-order valence-corrected chi connectivity index (χ1v) is 5.98. The van der Waals surface area contributed by atoms with Gasteiger partial charge in [-0.2, -0.15) is 13.2 Å². The van der Waals surface area contributed by atoms with Crippen LogP contribution in [0.1, 0.15) is 5.56 Å². The van der Waals surface area contributed by atoms with E-state index in [0.29, 0.717) is 10.0 Å². The quantitative estimate of drug-likeness (QED) is 0.872. The Labute approximate surface area is 111 Å². The molecule has 0 aliphatic carbocycles. The van der Waals surface area contributed by atoms with E-state index in [1.165, 1.54) is 6.07 Å². The molecule has 0 bridgehead atoms. The summed E-state index contributed by atoms with van der Waals surface area (Å²) in [5, 5.41) is 18.0. The fourth-order valence-electron chi connectivity index (χ4n) is 1.59. The van der Waals surface area contributed by atoms with Gasteiger partial charge >= 0.3 is 6.18 Å². The van der Waals surface area contributed by atoms with Gasteiger partial charge in [-0.15, -0.1) is 0 Å². The number of aliphatic hydroxyl groups excluding tert-OH is 2. The molecule has 3 nitrogen and oxygen atoms in total. The first-order valence-electron chi connectivity index (χ1n) is 5.19. The molecule has 2 N–H and O–H groups in total. The maximum absolute atomic E-state index is 12.5. The summed E-state index contributed by atoms with van der Waals surface area (Å²) < 4.78 is 38.0. The van der Waals surface area contributed by atoms with Crippen molar-refractivity contribution in [2.45, 2.75) is 12.8 Å². The summed E-state index contributed by atoms with van der Waals surface area (Å²) in [4.78, 5) is 0.996. The second kappa shape index (κ2) is 6.40. The highest BCUT2D eigenvalue weighted by atomic mass is 79.9. The lowest BCUT2D eigenvalue weighted by Gasteiger charge is -2.27. The summed E-state index contributed by atoms with van der Waals surface area (Å²) in [7, 11) is 0. The van der Waals surface area contributed by atoms with Crippen molar-refractivity contribution in [1.82, 2.24) is 0 Å². The fourth-order valence-corrected chi connectivity index (χ4v) is 1.94. The Morgan fingerprint density at radius 3 is 2.39 bits per heavy atom. The van der Waals surface area contributed by atoms with Crippen LogP contribution in [-0.4, -0.2) is 36.1 Å². The predicted octanol–water partition coefficient (Wildman–Crippen LogP) is 2.30. The lowest BCUT2D eigenvalue weighted by molar-refractivity contribution is -0.119. The van der Waals surface area contributed by atoms with Crippen LogP contribution in [0.15, 0.2) is 22.7 Å². The van der Waals surface area contributed by atoms with Gasteiger partial charge in [-0.05, 0) is 12.1 Å². The Balaban J connectivity index is 3.07. The highest BCUT2D eigenvalue weighted by molar-refractivity contribution is 9.10. The molecule has 0 unspecified atom stereocenters. The summed E-state index contributed by atoms with van der Waals surface area (Å²) in [6.07, 6.45) is -4.37. The molecular weight excluding hydrogens is 315 g/mol. The number of aliphatic hydroxyl groups is 2. The van der Waals surface area contributed by atoms with Gasteiger partial charge in [-0.25, -0.2) is 0 Å². The Bertz CT molecular complexity index is 398. The van der Waals surface area contributed by atoms with Crippen LogP contribution in [0.2, 0.25) is 0 Å². The maximum atomic E-state index is 12.5. The molecule has 7 heteroatoms. The third kappa shape index (κ3) is 4.47. The zero-order valence-electron chi connectivity index (χ0n) is 9.41. The number of nitrogens with zero attached hydrogens (tertiary/aromatic N) is 1. The standard InChI is InChI=1S/C11H13BrF3NO2/c12-9-2-1-8(6-18)10(5-9)16(3-4-17)7-11(13,14)15/h1-2,5,17-18H,3-4,6-7H2. The molecule has 0 amide bonds. The van der Waals surface area contributed by atoms with E-state index < -0.39 is 19.3 Å². The van der Waals surface area contributed by atoms with Gasteiger partial charge in [-0.1, -0.05) is 22.0 Å². The van der Waals surface area contributed by atoms with Crippen LogP contribution >= 0.6 is 15.9 Å². The monoisotopic (exact) mass is 327 g/mol. The molecule has 1 rings (SSSR count). The van der Waals surface area contributed by atoms with Gasteiger partial charge in [0, 0.05) is 22.3 Å². The van der Waals surface area contributed by atoms with E-state index in [9.17, 15) is 13.2 Å². The van der Waals surface area contributed by atoms with Crippen LogP contribution in [0.3, 0.4) is 0 Å². The third-order valence-electron chi connectivity index (χ3n) is 2.30. The van der Waals surface area contributed by atoms with Crippen molar-refractivity contribution in [1.29, 1.82) is 0 Å². The van der Waals surface area contributed by atoms with Crippen molar-refractivity contribution in [2.24, 2.45) is 0 Å². The molecule has 0 saturated carbocycles. The molecule has 1 aromatic rings. The van der Waals surface area contributed by atoms with Crippen molar-refractivity contribution in [3.05, 3.63) is 28.2 Å². The molecule has 0 aliphatic rings. The van der Waals surface area contributed by atoms with Crippen LogP contribution in [0.5, 0.6) is 0 Å². The van der Waals surface area contributed by atoms with Crippen LogP contribution in [0, 0.1) is 0 Å². The smallest absolute Gasteiger partial charge is 0.395 e. The molecule has 0 heterocycles. The predicted molar refractivity (Wildman–Crippen MR) is 65.4 cm³/mol. The average molecular weight is 328 g/mol. The Kier molecular flexibility index (Phi) is 5.43. The Morgan fingerprint density at radius 1 is 1.22 bits per heavy atom. The van der Waals surface area contributed by atoms with Gasteiger partial charge in [-0.3, -0.25) is 0 Å². The number of benzene rings is 1. The number of alkyl halides is 3. The zero-order valence-corrected chi connectivity index (χ0v) is 11.0. The molecule has 0 fully saturated rings. The second-order valence-electron chi connectivity index (χ2n) is 3.69. The lowest BCUT2D eigenvalue weighted by Crippen LogP contribution is -2.36. The number of anilines is 1. The molecule has 18 heavy (non-hydrogen) atoms. The normalized spacial score (nSPS) is 11.7. The van der Waals surface area contributed by atoms with Gasteiger partial charge in [0.1, 0.15) is 6.54 Å². The summed E-state index contributed by atoms with van der Waals surface area (Å²) >= 11 is 3.17. The third-order valence-corrected chi connectivity index (χ3v) is 2.79. The molecule has 0 saturated heterocycles. The second-order valence-corrected chi connectivity index (χ2v) is 4.61. The number of hydrogen-bond donors (Lipinski definition) is 2. The van der Waals surface area contributed by atoms with Crippen LogP contribution in [0.4, 0.5) is 18.9 Å². The van der Waals surface area contributed by atoms with Gasteiger partial charge in [0.15, 0.2) is 0 Å². The van der Waals surface area contributed by atoms with E-state index in [4.69, 9.17) is 10.2 Å². The summed E-state index contributed by atoms with van der Waals surface area (Å²) in [6.45, 7) is -2.07. The Hall–Kier alpha value is -0.790. The molecule has 0 spiro atoms. The average Bonchev–Trinajstić information content (AvgIpc) is 2.26. The molecule has 102 valence electrons. The molecule has 0 aromatic heterocycles. The molecular formula is C11H13BrF3NO2. The fraction of sp³-hybridized carbons (Fsp3) is 0.455. The van der Waals surface area contributed by atoms with Crippen LogP contribution < -0.4 is 4.90 Å². The highest BCUT2D eigenvalue weighted by Gasteiger charge is 2.31. The van der Waals surface area contributed by atoms with E-state index in [2.05, 4.69) is 15.9 Å². The van der Waals surface area contributed by atoms with Crippen molar-refractivity contribution in [3.63, 3.8) is 0 Å². The first-order chi connectivity index (χ1) is 8.37. The largest absolute Gasteiger partial charge is 0.405 e. The molecule has 0 aliphatic heterocycles. The van der Waals surface area contributed by atoms with Gasteiger partial charge in [0.05, 0.1) is 13.2 Å². The van der Waals surface area contributed by atoms with E-state index in [0.717, 1.165) is 4.90 Å². The van der Waals surface area contributed by atoms with E-state index in [1.807, 2.05) is 0 Å². The van der Waals surface area contributed by atoms with Crippen molar-refractivity contribution < 1.29 is 23.4 Å². The van der Waals surface area contributed by atoms with Gasteiger partial charge in [0.2, 0.25) is 0 Å². The lowest BCUT2D eigenvalue weighted by atomic mass is 10.1. The minimum Gasteiger partial charge on any atom is -0.395 e. The first kappa shape index (κ1) is 15.3. The topological polar surface area (TPSA) is 43.7 Å². The SMILES string of the molecule is OCCN(CC(F)(F)F)c1cc(Br)ccc1CO. The molecule has 0 atom stereocenters. The maximum Gasteiger partial charge on any atom is 0.405 e. The number of rotatable bonds is 5. The molecule has 0 radical (unpaired) electrons. The van der Waals surface area contributed by atoms with Crippen LogP contribution in [0.25, 0.3) is 0 Å². The number of hydrogen-bond acceptors (Lipinski definition) is 3. The van der Waals surface area contributed by atoms with Crippen molar-refractivity contribution in [2.75, 3.05) is 24.6 Å². The minimum atomic E-state index is -4.37.